The number of nitrogens with zero attached hydrogens (tertiary/aromatic N) is 1. The van der Waals surface area contributed by atoms with Crippen LogP contribution in [0.2, 0.25) is 0 Å². The second kappa shape index (κ2) is 7.47. The SMILES string of the molecule is CCOc1cc(C(CC(N)=O)N2Cc3ccccc3C2=O)ccc1OC. The van der Waals surface area contributed by atoms with Gasteiger partial charge < -0.3 is 20.1 Å². The van der Waals surface area contributed by atoms with Crippen LogP contribution >= 0.6 is 0 Å². The highest BCUT2D eigenvalue weighted by atomic mass is 16.5. The highest BCUT2D eigenvalue weighted by molar-refractivity contribution is 5.98. The molecule has 0 spiro atoms. The molecule has 2 aromatic carbocycles. The van der Waals surface area contributed by atoms with Crippen LogP contribution in [-0.2, 0) is 11.3 Å². The summed E-state index contributed by atoms with van der Waals surface area (Å²) >= 11 is 0. The summed E-state index contributed by atoms with van der Waals surface area (Å²) in [7, 11) is 1.57. The van der Waals surface area contributed by atoms with Crippen LogP contribution < -0.4 is 15.2 Å². The van der Waals surface area contributed by atoms with E-state index in [0.717, 1.165) is 11.1 Å². The van der Waals surface area contributed by atoms with Crippen molar-refractivity contribution in [1.82, 2.24) is 4.90 Å². The molecule has 0 radical (unpaired) electrons. The summed E-state index contributed by atoms with van der Waals surface area (Å²) in [6.07, 6.45) is 0.0393. The van der Waals surface area contributed by atoms with E-state index in [1.54, 1.807) is 24.1 Å². The molecule has 1 heterocycles. The van der Waals surface area contributed by atoms with E-state index in [-0.39, 0.29) is 12.3 Å². The maximum atomic E-state index is 12.8. The molecule has 26 heavy (non-hydrogen) atoms. The minimum Gasteiger partial charge on any atom is -0.493 e. The number of methoxy groups -OCH3 is 1. The zero-order valence-electron chi connectivity index (χ0n) is 14.9. The second-order valence-corrected chi connectivity index (χ2v) is 6.12. The van der Waals surface area contributed by atoms with Crippen molar-refractivity contribution in [2.45, 2.75) is 25.9 Å². The lowest BCUT2D eigenvalue weighted by atomic mass is 10.0. The van der Waals surface area contributed by atoms with Gasteiger partial charge in [0.2, 0.25) is 5.91 Å². The summed E-state index contributed by atoms with van der Waals surface area (Å²) in [4.78, 5) is 26.2. The predicted octanol–water partition coefficient (Wildman–Crippen LogP) is 2.67. The Balaban J connectivity index is 1.99. The molecule has 1 aliphatic heterocycles. The Morgan fingerprint density at radius 2 is 2.00 bits per heavy atom. The van der Waals surface area contributed by atoms with Gasteiger partial charge in [-0.1, -0.05) is 24.3 Å². The lowest BCUT2D eigenvalue weighted by molar-refractivity contribution is -0.119. The van der Waals surface area contributed by atoms with E-state index in [4.69, 9.17) is 15.2 Å². The van der Waals surface area contributed by atoms with Gasteiger partial charge in [-0.15, -0.1) is 0 Å². The topological polar surface area (TPSA) is 81.9 Å². The first-order valence-corrected chi connectivity index (χ1v) is 8.53. The number of primary amides is 1. The predicted molar refractivity (Wildman–Crippen MR) is 97.0 cm³/mol. The van der Waals surface area contributed by atoms with Gasteiger partial charge in [0.1, 0.15) is 0 Å². The molecule has 0 aliphatic carbocycles. The van der Waals surface area contributed by atoms with E-state index in [1.807, 2.05) is 37.3 Å². The number of fused-ring (bicyclic) bond motifs is 1. The highest BCUT2D eigenvalue weighted by Gasteiger charge is 2.34. The maximum Gasteiger partial charge on any atom is 0.255 e. The van der Waals surface area contributed by atoms with Gasteiger partial charge in [-0.3, -0.25) is 9.59 Å². The molecule has 2 aromatic rings. The second-order valence-electron chi connectivity index (χ2n) is 6.12. The smallest absolute Gasteiger partial charge is 0.255 e. The molecule has 6 heteroatoms. The Hall–Kier alpha value is -3.02. The third-order valence-corrected chi connectivity index (χ3v) is 4.49. The Morgan fingerprint density at radius 3 is 2.65 bits per heavy atom. The summed E-state index contributed by atoms with van der Waals surface area (Å²) in [5.74, 6) is 0.615. The Bertz CT molecular complexity index is 834. The van der Waals surface area contributed by atoms with E-state index in [0.29, 0.717) is 30.2 Å². The number of rotatable bonds is 7. The molecule has 6 nitrogen and oxygen atoms in total. The minimum atomic E-state index is -0.465. The standard InChI is InChI=1S/C20H22N2O4/c1-3-26-18-10-13(8-9-17(18)25-2)16(11-19(21)23)22-12-14-6-4-5-7-15(14)20(22)24/h4-10,16H,3,11-12H2,1-2H3,(H2,21,23). The molecule has 2 N–H and O–H groups in total. The van der Waals surface area contributed by atoms with Crippen molar-refractivity contribution in [2.24, 2.45) is 5.73 Å². The molecule has 3 rings (SSSR count). The number of benzene rings is 2. The Kier molecular flexibility index (Phi) is 5.11. The molecule has 0 saturated carbocycles. The highest BCUT2D eigenvalue weighted by Crippen LogP contribution is 2.37. The van der Waals surface area contributed by atoms with Crippen molar-refractivity contribution in [3.8, 4) is 11.5 Å². The number of ether oxygens (including phenoxy) is 2. The summed E-state index contributed by atoms with van der Waals surface area (Å²) in [5, 5.41) is 0. The Morgan fingerprint density at radius 1 is 1.23 bits per heavy atom. The van der Waals surface area contributed by atoms with Crippen molar-refractivity contribution in [1.29, 1.82) is 0 Å². The molecule has 0 fully saturated rings. The van der Waals surface area contributed by atoms with E-state index in [9.17, 15) is 9.59 Å². The van der Waals surface area contributed by atoms with Crippen molar-refractivity contribution in [2.75, 3.05) is 13.7 Å². The molecule has 0 aromatic heterocycles. The quantitative estimate of drug-likeness (QED) is 0.829. The lowest BCUT2D eigenvalue weighted by Crippen LogP contribution is -2.32. The zero-order valence-corrected chi connectivity index (χ0v) is 14.9. The van der Waals surface area contributed by atoms with Gasteiger partial charge in [0.25, 0.3) is 5.91 Å². The van der Waals surface area contributed by atoms with Crippen LogP contribution in [0.1, 0.15) is 40.9 Å². The molecule has 1 atom stereocenters. The fourth-order valence-corrected chi connectivity index (χ4v) is 3.30. The molecule has 0 bridgehead atoms. The molecule has 136 valence electrons. The van der Waals surface area contributed by atoms with E-state index in [1.165, 1.54) is 0 Å². The van der Waals surface area contributed by atoms with Gasteiger partial charge in [0, 0.05) is 12.1 Å². The average Bonchev–Trinajstić information content (AvgIpc) is 2.97. The molecular formula is C20H22N2O4. The number of hydrogen-bond acceptors (Lipinski definition) is 4. The van der Waals surface area contributed by atoms with Crippen LogP contribution in [0.4, 0.5) is 0 Å². The molecule has 1 aliphatic rings. The Labute approximate surface area is 152 Å². The first-order chi connectivity index (χ1) is 12.5. The summed E-state index contributed by atoms with van der Waals surface area (Å²) in [6.45, 7) is 2.81. The summed E-state index contributed by atoms with van der Waals surface area (Å²) in [6, 6.07) is 12.4. The lowest BCUT2D eigenvalue weighted by Gasteiger charge is -2.28. The third-order valence-electron chi connectivity index (χ3n) is 4.49. The van der Waals surface area contributed by atoms with Gasteiger partial charge in [-0.25, -0.2) is 0 Å². The monoisotopic (exact) mass is 354 g/mol. The van der Waals surface area contributed by atoms with Gasteiger partial charge in [-0.05, 0) is 36.2 Å². The maximum absolute atomic E-state index is 12.8. The number of hydrogen-bond donors (Lipinski definition) is 1. The van der Waals surface area contributed by atoms with Crippen LogP contribution in [0.3, 0.4) is 0 Å². The minimum absolute atomic E-state index is 0.0393. The zero-order chi connectivity index (χ0) is 18.7. The van der Waals surface area contributed by atoms with Crippen molar-refractivity contribution in [3.63, 3.8) is 0 Å². The van der Waals surface area contributed by atoms with Crippen molar-refractivity contribution in [3.05, 3.63) is 59.2 Å². The van der Waals surface area contributed by atoms with Crippen molar-refractivity contribution < 1.29 is 19.1 Å². The fraction of sp³-hybridized carbons (Fsp3) is 0.300. The number of nitrogens with two attached hydrogens (primary N) is 1. The number of carbonyl (C=O) groups is 2. The van der Waals surface area contributed by atoms with Gasteiger partial charge in [0.15, 0.2) is 11.5 Å². The van der Waals surface area contributed by atoms with Crippen LogP contribution in [0.15, 0.2) is 42.5 Å². The van der Waals surface area contributed by atoms with Crippen LogP contribution in [0.25, 0.3) is 0 Å². The van der Waals surface area contributed by atoms with Crippen LogP contribution in [-0.4, -0.2) is 30.4 Å². The van der Waals surface area contributed by atoms with Gasteiger partial charge >= 0.3 is 0 Å². The third kappa shape index (κ3) is 3.35. The largest absolute Gasteiger partial charge is 0.493 e. The average molecular weight is 354 g/mol. The normalized spacial score (nSPS) is 14.1. The summed E-state index contributed by atoms with van der Waals surface area (Å²) < 4.78 is 10.9. The molecular weight excluding hydrogens is 332 g/mol. The van der Waals surface area contributed by atoms with E-state index in [2.05, 4.69) is 0 Å². The number of amides is 2. The molecule has 1 unspecified atom stereocenters. The first kappa shape index (κ1) is 17.8. The van der Waals surface area contributed by atoms with E-state index < -0.39 is 11.9 Å². The van der Waals surface area contributed by atoms with Gasteiger partial charge in [-0.2, -0.15) is 0 Å². The van der Waals surface area contributed by atoms with Gasteiger partial charge in [0.05, 0.1) is 26.2 Å². The summed E-state index contributed by atoms with van der Waals surface area (Å²) in [5.41, 5.74) is 7.87. The van der Waals surface area contributed by atoms with Crippen LogP contribution in [0, 0.1) is 0 Å². The number of carbonyl (C=O) groups excluding carboxylic acids is 2. The van der Waals surface area contributed by atoms with Crippen LogP contribution in [0.5, 0.6) is 11.5 Å². The molecule has 2 amide bonds. The van der Waals surface area contributed by atoms with Crippen molar-refractivity contribution >= 4 is 11.8 Å². The van der Waals surface area contributed by atoms with E-state index >= 15 is 0 Å². The molecule has 0 saturated heterocycles. The fourth-order valence-electron chi connectivity index (χ4n) is 3.30. The first-order valence-electron chi connectivity index (χ1n) is 8.53.